The van der Waals surface area contributed by atoms with Crippen molar-refractivity contribution in [1.82, 2.24) is 29.2 Å². The molecule has 0 spiro atoms. The predicted octanol–water partition coefficient (Wildman–Crippen LogP) is 1.38. The van der Waals surface area contributed by atoms with Crippen molar-refractivity contribution in [3.05, 3.63) is 11.9 Å². The maximum absolute atomic E-state index is 13.1. The van der Waals surface area contributed by atoms with Gasteiger partial charge in [0, 0.05) is 39.4 Å². The molecule has 0 atom stereocenters. The number of nitrogens with zero attached hydrogens (tertiary/aromatic N) is 6. The summed E-state index contributed by atoms with van der Waals surface area (Å²) in [5.74, 6) is -0.287. The highest BCUT2D eigenvalue weighted by Crippen LogP contribution is 2.30. The van der Waals surface area contributed by atoms with E-state index in [0.29, 0.717) is 13.1 Å². The van der Waals surface area contributed by atoms with Gasteiger partial charge in [0.05, 0.1) is 16.6 Å². The maximum atomic E-state index is 13.1. The zero-order chi connectivity index (χ0) is 22.1. The lowest BCUT2D eigenvalue weighted by atomic mass is 10.2. The molecule has 3 heterocycles. The third-order valence-electron chi connectivity index (χ3n) is 4.57. The fourth-order valence-corrected chi connectivity index (χ4v) is 4.85. The van der Waals surface area contributed by atoms with Crippen LogP contribution in [0.1, 0.15) is 26.0 Å². The molecular weight excluding hydrogens is 442 g/mol. The minimum absolute atomic E-state index is 0.00725. The van der Waals surface area contributed by atoms with E-state index in [0.717, 1.165) is 11.8 Å². The minimum atomic E-state index is -3.34. The van der Waals surface area contributed by atoms with Crippen molar-refractivity contribution in [2.75, 3.05) is 31.9 Å². The van der Waals surface area contributed by atoms with E-state index in [2.05, 4.69) is 15.3 Å². The summed E-state index contributed by atoms with van der Waals surface area (Å²) in [6.07, 6.45) is -1.43. The highest BCUT2D eigenvalue weighted by atomic mass is 32.2. The first kappa shape index (κ1) is 22.6. The number of aromatic nitrogens is 4. The van der Waals surface area contributed by atoms with Gasteiger partial charge in [-0.25, -0.2) is 17.2 Å². The lowest BCUT2D eigenvalue weighted by molar-refractivity contribution is -0.129. The first-order valence-corrected chi connectivity index (χ1v) is 11.6. The Bertz CT molecular complexity index is 999. The van der Waals surface area contributed by atoms with E-state index in [1.165, 1.54) is 22.2 Å². The van der Waals surface area contributed by atoms with E-state index in [1.54, 1.807) is 18.7 Å². The Kier molecular flexibility index (Phi) is 6.77. The van der Waals surface area contributed by atoms with Crippen LogP contribution in [-0.4, -0.2) is 80.7 Å². The number of hydrogen-bond donors (Lipinski definition) is 0. The van der Waals surface area contributed by atoms with Crippen molar-refractivity contribution in [3.8, 4) is 11.5 Å². The largest absolute Gasteiger partial charge is 0.411 e. The molecule has 0 saturated carbocycles. The van der Waals surface area contributed by atoms with E-state index < -0.39 is 27.4 Å². The monoisotopic (exact) mass is 464 g/mol. The van der Waals surface area contributed by atoms with Gasteiger partial charge in [-0.2, -0.15) is 9.40 Å². The smallest absolute Gasteiger partial charge is 0.282 e. The molecule has 30 heavy (non-hydrogen) atoms. The number of hydrogen-bond acceptors (Lipinski definition) is 8. The number of piperazine rings is 1. The fourth-order valence-electron chi connectivity index (χ4n) is 2.91. The van der Waals surface area contributed by atoms with Crippen LogP contribution >= 0.6 is 11.8 Å². The van der Waals surface area contributed by atoms with E-state index in [4.69, 9.17) is 4.42 Å². The Hall–Kier alpha value is -2.06. The molecule has 166 valence electrons. The molecule has 10 nitrogen and oxygen atoms in total. The maximum Gasteiger partial charge on any atom is 0.282 e. The number of thioether (sulfide) groups is 1. The molecule has 14 heteroatoms. The number of amides is 1. The first-order chi connectivity index (χ1) is 14.1. The molecule has 2 aromatic rings. The Morgan fingerprint density at radius 1 is 1.23 bits per heavy atom. The van der Waals surface area contributed by atoms with Crippen LogP contribution in [0.4, 0.5) is 8.78 Å². The third kappa shape index (κ3) is 4.81. The van der Waals surface area contributed by atoms with Crippen molar-refractivity contribution in [2.45, 2.75) is 30.7 Å². The van der Waals surface area contributed by atoms with Gasteiger partial charge in [0.25, 0.3) is 17.5 Å². The predicted molar refractivity (Wildman–Crippen MR) is 104 cm³/mol. The van der Waals surface area contributed by atoms with Crippen LogP contribution in [0.5, 0.6) is 0 Å². The van der Waals surface area contributed by atoms with Crippen LogP contribution in [0.2, 0.25) is 0 Å². The molecule has 3 rings (SSSR count). The van der Waals surface area contributed by atoms with Gasteiger partial charge in [-0.3, -0.25) is 9.48 Å². The normalized spacial score (nSPS) is 16.0. The Balaban J connectivity index is 1.56. The molecule has 0 aromatic carbocycles. The second-order valence-electron chi connectivity index (χ2n) is 6.94. The average molecular weight is 465 g/mol. The highest BCUT2D eigenvalue weighted by Gasteiger charge is 2.31. The molecule has 1 fully saturated rings. The molecule has 1 aliphatic rings. The van der Waals surface area contributed by atoms with Crippen molar-refractivity contribution in [1.29, 1.82) is 0 Å². The summed E-state index contributed by atoms with van der Waals surface area (Å²) in [6, 6.07) is 0. The van der Waals surface area contributed by atoms with Gasteiger partial charge in [-0.1, -0.05) is 11.8 Å². The molecule has 2 aromatic heterocycles. The Labute approximate surface area is 176 Å². The molecule has 1 amide bonds. The summed E-state index contributed by atoms with van der Waals surface area (Å²) in [6.45, 7) is 4.34. The second kappa shape index (κ2) is 8.98. The van der Waals surface area contributed by atoms with Gasteiger partial charge < -0.3 is 9.32 Å². The lowest BCUT2D eigenvalue weighted by Gasteiger charge is -2.34. The number of carbonyl (C=O) groups is 1. The first-order valence-electron chi connectivity index (χ1n) is 9.14. The molecular formula is C16H22F2N6O4S2. The summed E-state index contributed by atoms with van der Waals surface area (Å²) in [5, 5.41) is 10.8. The van der Waals surface area contributed by atoms with E-state index in [9.17, 15) is 22.0 Å². The van der Waals surface area contributed by atoms with Gasteiger partial charge in [0.1, 0.15) is 5.69 Å². The van der Waals surface area contributed by atoms with Gasteiger partial charge in [0.2, 0.25) is 15.9 Å². The minimum Gasteiger partial charge on any atom is -0.411 e. The number of aryl methyl sites for hydroxylation is 1. The van der Waals surface area contributed by atoms with Crippen LogP contribution in [0.15, 0.2) is 15.8 Å². The van der Waals surface area contributed by atoms with Crippen LogP contribution in [0.25, 0.3) is 11.5 Å². The van der Waals surface area contributed by atoms with Crippen molar-refractivity contribution >= 4 is 27.7 Å². The summed E-state index contributed by atoms with van der Waals surface area (Å²) < 4.78 is 58.6. The molecule has 0 radical (unpaired) electrons. The number of carbonyl (C=O) groups excluding carboxylic acids is 1. The van der Waals surface area contributed by atoms with Gasteiger partial charge in [0.15, 0.2) is 0 Å². The lowest BCUT2D eigenvalue weighted by Crippen LogP contribution is -2.52. The van der Waals surface area contributed by atoms with Gasteiger partial charge in [-0.05, 0) is 13.8 Å². The molecule has 0 N–H and O–H groups in total. The van der Waals surface area contributed by atoms with Crippen molar-refractivity contribution in [3.63, 3.8) is 0 Å². The number of sulfonamides is 1. The number of rotatable bonds is 7. The summed E-state index contributed by atoms with van der Waals surface area (Å²) in [4.78, 5) is 14.0. The van der Waals surface area contributed by atoms with Crippen LogP contribution in [-0.2, 0) is 21.9 Å². The van der Waals surface area contributed by atoms with Gasteiger partial charge >= 0.3 is 0 Å². The molecule has 1 saturated heterocycles. The molecule has 0 bridgehead atoms. The zero-order valence-corrected chi connectivity index (χ0v) is 18.3. The van der Waals surface area contributed by atoms with E-state index in [-0.39, 0.29) is 41.4 Å². The van der Waals surface area contributed by atoms with Crippen LogP contribution < -0.4 is 0 Å². The van der Waals surface area contributed by atoms with Crippen molar-refractivity contribution < 1.29 is 26.4 Å². The topological polar surface area (TPSA) is 114 Å². The fraction of sp³-hybridized carbons (Fsp3) is 0.625. The molecule has 0 aliphatic carbocycles. The van der Waals surface area contributed by atoms with Gasteiger partial charge in [-0.15, -0.1) is 10.2 Å². The second-order valence-corrected chi connectivity index (χ2v) is 10.4. The van der Waals surface area contributed by atoms with Crippen LogP contribution in [0, 0.1) is 0 Å². The Morgan fingerprint density at radius 2 is 1.90 bits per heavy atom. The third-order valence-corrected chi connectivity index (χ3v) is 7.65. The average Bonchev–Trinajstić information content (AvgIpc) is 3.32. The number of halogens is 2. The molecule has 0 unspecified atom stereocenters. The summed E-state index contributed by atoms with van der Waals surface area (Å²) in [7, 11) is -1.83. The summed E-state index contributed by atoms with van der Waals surface area (Å²) in [5.41, 5.74) is -0.413. The summed E-state index contributed by atoms with van der Waals surface area (Å²) >= 11 is 0.992. The van der Waals surface area contributed by atoms with E-state index >= 15 is 0 Å². The SMILES string of the molecule is CC(C)S(=O)(=O)N1CCN(C(=O)CSc2nnc(-c3cn(C)nc3C(F)F)o2)CC1. The molecule has 1 aliphatic heterocycles. The van der Waals surface area contributed by atoms with Crippen LogP contribution in [0.3, 0.4) is 0 Å². The zero-order valence-electron chi connectivity index (χ0n) is 16.7. The Morgan fingerprint density at radius 3 is 2.50 bits per heavy atom. The highest BCUT2D eigenvalue weighted by molar-refractivity contribution is 7.99. The van der Waals surface area contributed by atoms with E-state index in [1.807, 2.05) is 0 Å². The van der Waals surface area contributed by atoms with Crippen molar-refractivity contribution in [2.24, 2.45) is 7.05 Å². The quantitative estimate of drug-likeness (QED) is 0.565. The standard InChI is InChI=1S/C16H22F2N6O4S2/c1-10(2)30(26,27)24-6-4-23(5-7-24)12(25)9-29-16-20-19-15(28-16)11-8-22(3)21-13(11)14(17)18/h8,10,14H,4-7,9H2,1-3H3. The number of alkyl halides is 2.